The highest BCUT2D eigenvalue weighted by molar-refractivity contribution is 7.91. The zero-order chi connectivity index (χ0) is 10.6. The number of rotatable bonds is 7. The van der Waals surface area contributed by atoms with Crippen LogP contribution in [0, 0.1) is 5.92 Å². The van der Waals surface area contributed by atoms with Gasteiger partial charge in [0, 0.05) is 18.3 Å². The normalized spacial score (nSPS) is 26.4. The lowest BCUT2D eigenvalue weighted by Gasteiger charge is -2.03. The van der Waals surface area contributed by atoms with Crippen LogP contribution < -0.4 is 5.32 Å². The quantitative estimate of drug-likeness (QED) is 0.700. The first-order valence-electron chi connectivity index (χ1n) is 5.53. The third-order valence-electron chi connectivity index (χ3n) is 2.84. The molecule has 1 fully saturated rings. The molecule has 1 saturated carbocycles. The van der Waals surface area contributed by atoms with Crippen LogP contribution in [0.5, 0.6) is 0 Å². The second-order valence-electron chi connectivity index (χ2n) is 4.08. The van der Waals surface area contributed by atoms with Crippen LogP contribution in [-0.4, -0.2) is 32.5 Å². The topological polar surface area (TPSA) is 46.2 Å². The molecule has 1 aliphatic carbocycles. The summed E-state index contributed by atoms with van der Waals surface area (Å²) in [5.74, 6) is 1.36. The summed E-state index contributed by atoms with van der Waals surface area (Å²) >= 11 is 0. The molecule has 0 aromatic rings. The molecule has 0 radical (unpaired) electrons. The number of sulfone groups is 1. The number of nitrogens with one attached hydrogen (secondary N) is 1. The van der Waals surface area contributed by atoms with Gasteiger partial charge in [0.1, 0.15) is 0 Å². The van der Waals surface area contributed by atoms with E-state index in [2.05, 4.69) is 12.2 Å². The van der Waals surface area contributed by atoms with Gasteiger partial charge in [-0.1, -0.05) is 20.3 Å². The van der Waals surface area contributed by atoms with Gasteiger partial charge in [-0.25, -0.2) is 8.42 Å². The first kappa shape index (κ1) is 12.0. The maximum absolute atomic E-state index is 11.2. The van der Waals surface area contributed by atoms with Crippen LogP contribution >= 0.6 is 0 Å². The van der Waals surface area contributed by atoms with E-state index in [-0.39, 0.29) is 5.75 Å². The van der Waals surface area contributed by atoms with Crippen molar-refractivity contribution in [1.29, 1.82) is 0 Å². The fourth-order valence-electron chi connectivity index (χ4n) is 1.73. The minimum Gasteiger partial charge on any atom is -0.313 e. The van der Waals surface area contributed by atoms with Gasteiger partial charge in [0.15, 0.2) is 9.84 Å². The van der Waals surface area contributed by atoms with Crippen molar-refractivity contribution in [1.82, 2.24) is 5.32 Å². The lowest BCUT2D eigenvalue weighted by atomic mass is 10.2. The first-order chi connectivity index (χ1) is 6.59. The van der Waals surface area contributed by atoms with Gasteiger partial charge in [0.05, 0.1) is 5.75 Å². The van der Waals surface area contributed by atoms with Crippen molar-refractivity contribution in [3.05, 3.63) is 0 Å². The Kier molecular flexibility index (Phi) is 4.38. The second-order valence-corrected chi connectivity index (χ2v) is 6.55. The van der Waals surface area contributed by atoms with E-state index in [0.29, 0.717) is 18.3 Å². The summed E-state index contributed by atoms with van der Waals surface area (Å²) < 4.78 is 22.3. The summed E-state index contributed by atoms with van der Waals surface area (Å²) in [6, 6.07) is 0.599. The fraction of sp³-hybridized carbons (Fsp3) is 1.00. The van der Waals surface area contributed by atoms with Crippen LogP contribution in [0.25, 0.3) is 0 Å². The van der Waals surface area contributed by atoms with Crippen molar-refractivity contribution in [3.8, 4) is 0 Å². The zero-order valence-corrected chi connectivity index (χ0v) is 9.94. The van der Waals surface area contributed by atoms with Crippen molar-refractivity contribution in [3.63, 3.8) is 0 Å². The van der Waals surface area contributed by atoms with E-state index in [0.717, 1.165) is 5.92 Å². The molecule has 0 amide bonds. The smallest absolute Gasteiger partial charge is 0.151 e. The Labute approximate surface area is 87.2 Å². The van der Waals surface area contributed by atoms with Crippen molar-refractivity contribution < 1.29 is 8.42 Å². The van der Waals surface area contributed by atoms with Gasteiger partial charge in [-0.3, -0.25) is 0 Å². The van der Waals surface area contributed by atoms with E-state index < -0.39 is 9.84 Å². The Balaban J connectivity index is 2.07. The lowest BCUT2D eigenvalue weighted by Crippen LogP contribution is -2.26. The van der Waals surface area contributed by atoms with Crippen LogP contribution in [0.3, 0.4) is 0 Å². The molecule has 2 atom stereocenters. The van der Waals surface area contributed by atoms with Crippen LogP contribution in [0.15, 0.2) is 0 Å². The summed E-state index contributed by atoms with van der Waals surface area (Å²) in [7, 11) is -2.78. The molecule has 0 spiro atoms. The lowest BCUT2D eigenvalue weighted by molar-refractivity contribution is 0.583. The van der Waals surface area contributed by atoms with Crippen LogP contribution in [-0.2, 0) is 9.84 Å². The molecule has 2 unspecified atom stereocenters. The zero-order valence-electron chi connectivity index (χ0n) is 9.12. The van der Waals surface area contributed by atoms with Crippen LogP contribution in [0.1, 0.15) is 33.1 Å². The molecular weight excluding hydrogens is 198 g/mol. The van der Waals surface area contributed by atoms with Gasteiger partial charge in [-0.05, 0) is 18.8 Å². The third kappa shape index (κ3) is 3.96. The average molecular weight is 219 g/mol. The Morgan fingerprint density at radius 3 is 2.64 bits per heavy atom. The molecule has 0 aromatic heterocycles. The molecule has 14 heavy (non-hydrogen) atoms. The molecule has 4 heteroatoms. The summed E-state index contributed by atoms with van der Waals surface area (Å²) in [6.45, 7) is 4.52. The highest BCUT2D eigenvalue weighted by Gasteiger charge is 2.35. The molecule has 84 valence electrons. The van der Waals surface area contributed by atoms with Crippen molar-refractivity contribution in [2.45, 2.75) is 39.2 Å². The molecule has 1 N–H and O–H groups in total. The summed E-state index contributed by atoms with van der Waals surface area (Å²) in [5.41, 5.74) is 0. The maximum atomic E-state index is 11.2. The number of hydrogen-bond acceptors (Lipinski definition) is 3. The molecule has 1 aliphatic rings. The Morgan fingerprint density at radius 1 is 1.36 bits per heavy atom. The summed E-state index contributed by atoms with van der Waals surface area (Å²) in [5, 5.41) is 3.30. The van der Waals surface area contributed by atoms with Gasteiger partial charge in [-0.15, -0.1) is 0 Å². The molecule has 0 saturated heterocycles. The van der Waals surface area contributed by atoms with Crippen molar-refractivity contribution in [2.75, 3.05) is 18.1 Å². The molecular formula is C10H21NO2S. The SMILES string of the molecule is CCCC1CC1NCCS(=O)(=O)CC. The van der Waals surface area contributed by atoms with E-state index >= 15 is 0 Å². The first-order valence-corrected chi connectivity index (χ1v) is 7.35. The monoisotopic (exact) mass is 219 g/mol. The van der Waals surface area contributed by atoms with E-state index in [9.17, 15) is 8.42 Å². The van der Waals surface area contributed by atoms with Crippen LogP contribution in [0.4, 0.5) is 0 Å². The largest absolute Gasteiger partial charge is 0.313 e. The number of hydrogen-bond donors (Lipinski definition) is 1. The Morgan fingerprint density at radius 2 is 2.07 bits per heavy atom. The standard InChI is InChI=1S/C10H21NO2S/c1-3-5-9-8-10(9)11-6-7-14(12,13)4-2/h9-11H,3-8H2,1-2H3. The van der Waals surface area contributed by atoms with E-state index in [1.54, 1.807) is 6.92 Å². The van der Waals surface area contributed by atoms with Crippen molar-refractivity contribution in [2.24, 2.45) is 5.92 Å². The van der Waals surface area contributed by atoms with Gasteiger partial charge in [0.25, 0.3) is 0 Å². The molecule has 3 nitrogen and oxygen atoms in total. The van der Waals surface area contributed by atoms with Gasteiger partial charge in [-0.2, -0.15) is 0 Å². The summed E-state index contributed by atoms with van der Waals surface area (Å²) in [6.07, 6.45) is 3.74. The van der Waals surface area contributed by atoms with Crippen molar-refractivity contribution >= 4 is 9.84 Å². The maximum Gasteiger partial charge on any atom is 0.151 e. The van der Waals surface area contributed by atoms with E-state index in [4.69, 9.17) is 0 Å². The predicted octanol–water partition coefficient (Wildman–Crippen LogP) is 1.20. The summed E-state index contributed by atoms with van der Waals surface area (Å²) in [4.78, 5) is 0. The molecule has 0 bridgehead atoms. The van der Waals surface area contributed by atoms with E-state index in [1.165, 1.54) is 19.3 Å². The third-order valence-corrected chi connectivity index (χ3v) is 4.55. The highest BCUT2D eigenvalue weighted by atomic mass is 32.2. The Bertz CT molecular complexity index is 261. The fourth-order valence-corrected chi connectivity index (χ4v) is 2.45. The van der Waals surface area contributed by atoms with E-state index in [1.807, 2.05) is 0 Å². The molecule has 1 rings (SSSR count). The molecule has 0 heterocycles. The molecule has 0 aromatic carbocycles. The second kappa shape index (κ2) is 5.12. The van der Waals surface area contributed by atoms with Crippen LogP contribution in [0.2, 0.25) is 0 Å². The minimum atomic E-state index is -2.78. The van der Waals surface area contributed by atoms with Gasteiger partial charge >= 0.3 is 0 Å². The predicted molar refractivity (Wildman–Crippen MR) is 59.1 cm³/mol. The average Bonchev–Trinajstić information content (AvgIpc) is 2.84. The highest BCUT2D eigenvalue weighted by Crippen LogP contribution is 2.34. The van der Waals surface area contributed by atoms with Gasteiger partial charge in [0.2, 0.25) is 0 Å². The molecule has 0 aliphatic heterocycles. The Hall–Kier alpha value is -0.0900. The minimum absolute atomic E-state index is 0.262. The van der Waals surface area contributed by atoms with Gasteiger partial charge < -0.3 is 5.32 Å².